The number of ether oxygens (including phenoxy) is 1. The summed E-state index contributed by atoms with van der Waals surface area (Å²) in [6.45, 7) is 0. The van der Waals surface area contributed by atoms with Gasteiger partial charge >= 0.3 is 0 Å². The lowest BCUT2D eigenvalue weighted by molar-refractivity contribution is -0.118. The molecule has 0 spiro atoms. The molecular weight excluding hydrogens is 238 g/mol. The van der Waals surface area contributed by atoms with E-state index in [0.717, 1.165) is 23.3 Å². The van der Waals surface area contributed by atoms with Crippen molar-refractivity contribution in [2.75, 3.05) is 7.11 Å². The van der Waals surface area contributed by atoms with Crippen LogP contribution in [0.25, 0.3) is 0 Å². The van der Waals surface area contributed by atoms with Crippen molar-refractivity contribution in [3.8, 4) is 5.75 Å². The Bertz CT molecular complexity index is 537. The molecule has 1 aromatic carbocycles. The van der Waals surface area contributed by atoms with E-state index in [0.29, 0.717) is 12.8 Å². The minimum absolute atomic E-state index is 0.233. The summed E-state index contributed by atoms with van der Waals surface area (Å²) < 4.78 is 5.15. The first-order valence-electron chi connectivity index (χ1n) is 6.31. The maximum Gasteiger partial charge on any atom is 0.137 e. The average Bonchev–Trinajstić information content (AvgIpc) is 2.46. The van der Waals surface area contributed by atoms with E-state index in [1.54, 1.807) is 19.5 Å². The molecule has 0 saturated carbocycles. The third kappa shape index (κ3) is 4.21. The zero-order valence-corrected chi connectivity index (χ0v) is 11.0. The number of aryl methyl sites for hydroxylation is 1. The number of ketones is 1. The first-order valence-corrected chi connectivity index (χ1v) is 6.31. The fraction of sp³-hybridized carbons (Fsp3) is 0.250. The van der Waals surface area contributed by atoms with Crippen LogP contribution in [-0.2, 0) is 17.6 Å². The van der Waals surface area contributed by atoms with Crippen LogP contribution in [0.2, 0.25) is 0 Å². The summed E-state index contributed by atoms with van der Waals surface area (Å²) in [6.07, 6.45) is 5.29. The van der Waals surface area contributed by atoms with Crippen molar-refractivity contribution >= 4 is 5.78 Å². The Balaban J connectivity index is 1.87. The second-order valence-corrected chi connectivity index (χ2v) is 4.43. The van der Waals surface area contributed by atoms with Gasteiger partial charge in [-0.3, -0.25) is 9.78 Å². The smallest absolute Gasteiger partial charge is 0.137 e. The second-order valence-electron chi connectivity index (χ2n) is 4.43. The fourth-order valence-electron chi connectivity index (χ4n) is 1.93. The number of carbonyl (C=O) groups is 1. The molecule has 0 fully saturated rings. The van der Waals surface area contributed by atoms with Gasteiger partial charge in [-0.25, -0.2) is 0 Å². The number of methoxy groups -OCH3 is 1. The third-order valence-corrected chi connectivity index (χ3v) is 2.95. The number of hydrogen-bond acceptors (Lipinski definition) is 3. The maximum absolute atomic E-state index is 11.9. The highest BCUT2D eigenvalue weighted by molar-refractivity contribution is 5.81. The molecule has 0 N–H and O–H groups in total. The van der Waals surface area contributed by atoms with E-state index in [-0.39, 0.29) is 5.78 Å². The number of aromatic nitrogens is 1. The highest BCUT2D eigenvalue weighted by atomic mass is 16.5. The molecule has 0 amide bonds. The molecule has 0 radical (unpaired) electrons. The lowest BCUT2D eigenvalue weighted by Crippen LogP contribution is -2.04. The van der Waals surface area contributed by atoms with Crippen LogP contribution in [0.5, 0.6) is 5.75 Å². The SMILES string of the molecule is COc1cccc(CC(=O)CCc2cccnc2)c1. The number of carbonyl (C=O) groups excluding carboxylic acids is 1. The molecule has 2 rings (SSSR count). The van der Waals surface area contributed by atoms with Gasteiger partial charge in [0.15, 0.2) is 0 Å². The van der Waals surface area contributed by atoms with Gasteiger partial charge in [0.05, 0.1) is 7.11 Å². The Morgan fingerprint density at radius 2 is 2.05 bits per heavy atom. The van der Waals surface area contributed by atoms with Gasteiger partial charge in [-0.05, 0) is 35.7 Å². The van der Waals surface area contributed by atoms with Crippen LogP contribution in [0.15, 0.2) is 48.8 Å². The minimum Gasteiger partial charge on any atom is -0.497 e. The van der Waals surface area contributed by atoms with Crippen molar-refractivity contribution in [1.29, 1.82) is 0 Å². The molecule has 98 valence electrons. The topological polar surface area (TPSA) is 39.2 Å². The molecule has 0 aliphatic rings. The van der Waals surface area contributed by atoms with Crippen molar-refractivity contribution in [3.05, 3.63) is 59.9 Å². The number of pyridine rings is 1. The molecule has 0 saturated heterocycles. The van der Waals surface area contributed by atoms with Crippen LogP contribution in [0, 0.1) is 0 Å². The van der Waals surface area contributed by atoms with Gasteiger partial charge in [0, 0.05) is 25.2 Å². The Morgan fingerprint density at radius 3 is 2.79 bits per heavy atom. The first-order chi connectivity index (χ1) is 9.28. The van der Waals surface area contributed by atoms with Gasteiger partial charge in [0.2, 0.25) is 0 Å². The largest absolute Gasteiger partial charge is 0.497 e. The number of benzene rings is 1. The van der Waals surface area contributed by atoms with Crippen LogP contribution >= 0.6 is 0 Å². The van der Waals surface area contributed by atoms with Crippen LogP contribution < -0.4 is 4.74 Å². The Labute approximate surface area is 113 Å². The average molecular weight is 255 g/mol. The Morgan fingerprint density at radius 1 is 1.21 bits per heavy atom. The van der Waals surface area contributed by atoms with Gasteiger partial charge in [-0.1, -0.05) is 18.2 Å². The molecule has 1 aromatic heterocycles. The van der Waals surface area contributed by atoms with E-state index < -0.39 is 0 Å². The quantitative estimate of drug-likeness (QED) is 0.796. The Kier molecular flexibility index (Phi) is 4.67. The first kappa shape index (κ1) is 13.3. The number of hydrogen-bond donors (Lipinski definition) is 0. The molecule has 3 nitrogen and oxygen atoms in total. The Hall–Kier alpha value is -2.16. The molecule has 0 atom stereocenters. The van der Waals surface area contributed by atoms with E-state index in [4.69, 9.17) is 4.74 Å². The summed E-state index contributed by atoms with van der Waals surface area (Å²) in [4.78, 5) is 16.0. The summed E-state index contributed by atoms with van der Waals surface area (Å²) in [5, 5.41) is 0. The zero-order chi connectivity index (χ0) is 13.5. The van der Waals surface area contributed by atoms with Crippen LogP contribution in [0.4, 0.5) is 0 Å². The van der Waals surface area contributed by atoms with E-state index >= 15 is 0 Å². The lowest BCUT2D eigenvalue weighted by atomic mass is 10.0. The zero-order valence-electron chi connectivity index (χ0n) is 11.0. The van der Waals surface area contributed by atoms with Gasteiger partial charge in [0.1, 0.15) is 11.5 Å². The lowest BCUT2D eigenvalue weighted by Gasteiger charge is -2.04. The molecular formula is C16H17NO2. The van der Waals surface area contributed by atoms with E-state index in [1.165, 1.54) is 0 Å². The third-order valence-electron chi connectivity index (χ3n) is 2.95. The summed E-state index contributed by atoms with van der Waals surface area (Å²) in [7, 11) is 1.63. The highest BCUT2D eigenvalue weighted by Crippen LogP contribution is 2.14. The summed E-state index contributed by atoms with van der Waals surface area (Å²) >= 11 is 0. The van der Waals surface area contributed by atoms with Gasteiger partial charge in [-0.15, -0.1) is 0 Å². The number of rotatable bonds is 6. The normalized spacial score (nSPS) is 10.2. The molecule has 19 heavy (non-hydrogen) atoms. The van der Waals surface area contributed by atoms with Crippen molar-refractivity contribution in [3.63, 3.8) is 0 Å². The van der Waals surface area contributed by atoms with Crippen LogP contribution in [0.3, 0.4) is 0 Å². The van der Waals surface area contributed by atoms with Crippen LogP contribution in [-0.4, -0.2) is 17.9 Å². The molecule has 0 bridgehead atoms. The predicted octanol–water partition coefficient (Wildman–Crippen LogP) is 2.83. The van der Waals surface area contributed by atoms with Crippen molar-refractivity contribution < 1.29 is 9.53 Å². The monoisotopic (exact) mass is 255 g/mol. The maximum atomic E-state index is 11.9. The van der Waals surface area contributed by atoms with Gasteiger partial charge in [0.25, 0.3) is 0 Å². The molecule has 0 aliphatic heterocycles. The van der Waals surface area contributed by atoms with Crippen molar-refractivity contribution in [1.82, 2.24) is 4.98 Å². The van der Waals surface area contributed by atoms with Gasteiger partial charge in [-0.2, -0.15) is 0 Å². The number of Topliss-reactive ketones (excluding diaryl/α,β-unsaturated/α-hetero) is 1. The highest BCUT2D eigenvalue weighted by Gasteiger charge is 2.05. The van der Waals surface area contributed by atoms with Crippen LogP contribution in [0.1, 0.15) is 17.5 Å². The summed E-state index contributed by atoms with van der Waals surface area (Å²) in [6, 6.07) is 11.5. The fourth-order valence-corrected chi connectivity index (χ4v) is 1.93. The van der Waals surface area contributed by atoms with Crippen molar-refractivity contribution in [2.45, 2.75) is 19.3 Å². The molecule has 1 heterocycles. The van der Waals surface area contributed by atoms with E-state index in [1.807, 2.05) is 36.4 Å². The number of nitrogens with zero attached hydrogens (tertiary/aromatic N) is 1. The molecule has 3 heteroatoms. The minimum atomic E-state index is 0.233. The van der Waals surface area contributed by atoms with Gasteiger partial charge < -0.3 is 4.74 Å². The standard InChI is InChI=1S/C16H17NO2/c1-19-16-6-2-4-14(11-16)10-15(18)8-7-13-5-3-9-17-12-13/h2-6,9,11-12H,7-8,10H2,1H3. The summed E-state index contributed by atoms with van der Waals surface area (Å²) in [5.74, 6) is 1.02. The molecule has 0 unspecified atom stereocenters. The predicted molar refractivity (Wildman–Crippen MR) is 74.3 cm³/mol. The van der Waals surface area contributed by atoms with E-state index in [2.05, 4.69) is 4.98 Å². The van der Waals surface area contributed by atoms with Crippen molar-refractivity contribution in [2.24, 2.45) is 0 Å². The summed E-state index contributed by atoms with van der Waals surface area (Å²) in [5.41, 5.74) is 2.09. The van der Waals surface area contributed by atoms with E-state index in [9.17, 15) is 4.79 Å². The second kappa shape index (κ2) is 6.69. The molecule has 2 aromatic rings. The molecule has 0 aliphatic carbocycles.